The molecular weight excluding hydrogens is 258 g/mol. The zero-order chi connectivity index (χ0) is 9.10. The van der Waals surface area contributed by atoms with Crippen LogP contribution in [0, 0.1) is 5.41 Å². The minimum absolute atomic E-state index is 0.696. The molecule has 0 bridgehead atoms. The van der Waals surface area contributed by atoms with E-state index in [0.29, 0.717) is 5.25 Å². The van der Waals surface area contributed by atoms with Crippen molar-refractivity contribution in [2.24, 2.45) is 0 Å². The monoisotopic (exact) mass is 269 g/mol. The highest BCUT2D eigenvalue weighted by Gasteiger charge is 2.23. The number of hydrogen-bond acceptors (Lipinski definition) is 6. The Morgan fingerprint density at radius 2 is 1.92 bits per heavy atom. The van der Waals surface area contributed by atoms with Gasteiger partial charge in [0.15, 0.2) is 0 Å². The molecule has 2 fully saturated rings. The molecule has 0 radical (unpaired) electrons. The van der Waals surface area contributed by atoms with E-state index in [2.05, 4.69) is 11.8 Å². The molecule has 0 aromatic heterocycles. The van der Waals surface area contributed by atoms with Crippen LogP contribution in [0.4, 0.5) is 0 Å². The Labute approximate surface area is 99.6 Å². The van der Waals surface area contributed by atoms with Crippen LogP contribution in [-0.2, 0) is 0 Å². The predicted octanol–water partition coefficient (Wildman–Crippen LogP) is 3.27. The first-order chi connectivity index (χ1) is 6.34. The highest BCUT2D eigenvalue weighted by molar-refractivity contribution is 8.76. The van der Waals surface area contributed by atoms with E-state index in [9.17, 15) is 0 Å². The summed E-state index contributed by atoms with van der Waals surface area (Å²) < 4.78 is 0.813. The Hall–Kier alpha value is 1.42. The fourth-order valence-electron chi connectivity index (χ4n) is 0.882. The molecular formula is C7H11NS5. The molecule has 2 aliphatic heterocycles. The summed E-state index contributed by atoms with van der Waals surface area (Å²) in [5, 5.41) is 9.10. The smallest absolute Gasteiger partial charge is 0.122 e. The summed E-state index contributed by atoms with van der Waals surface area (Å²) in [5.74, 6) is 5.06. The molecule has 0 aromatic rings. The van der Waals surface area contributed by atoms with Gasteiger partial charge in [0.05, 0.1) is 0 Å². The van der Waals surface area contributed by atoms with Crippen LogP contribution in [0.5, 0.6) is 0 Å². The van der Waals surface area contributed by atoms with Crippen LogP contribution in [0.15, 0.2) is 0 Å². The van der Waals surface area contributed by atoms with Crippen LogP contribution in [0.3, 0.4) is 0 Å². The topological polar surface area (TPSA) is 23.9 Å². The Balaban J connectivity index is 1.49. The fourth-order valence-corrected chi connectivity index (χ4v) is 7.43. The van der Waals surface area contributed by atoms with E-state index in [4.69, 9.17) is 5.41 Å². The largest absolute Gasteiger partial charge is 0.288 e. The van der Waals surface area contributed by atoms with E-state index in [1.54, 1.807) is 23.5 Å². The molecule has 2 saturated heterocycles. The van der Waals surface area contributed by atoms with Gasteiger partial charge in [-0.05, 0) is 0 Å². The molecule has 0 amide bonds. The second-order valence-electron chi connectivity index (χ2n) is 2.86. The molecule has 13 heavy (non-hydrogen) atoms. The molecule has 0 aromatic carbocycles. The summed E-state index contributed by atoms with van der Waals surface area (Å²) in [6.45, 7) is 0. The molecule has 2 unspecified atom stereocenters. The molecule has 2 aliphatic rings. The molecule has 1 N–H and O–H groups in total. The summed E-state index contributed by atoms with van der Waals surface area (Å²) in [7, 11) is 4.01. The summed E-state index contributed by atoms with van der Waals surface area (Å²) in [6.07, 6.45) is 0. The highest BCUT2D eigenvalue weighted by Crippen LogP contribution is 2.39. The SMILES string of the molecule is N=C1SCC(CSSCC2CS2)S1. The Morgan fingerprint density at radius 3 is 2.46 bits per heavy atom. The van der Waals surface area contributed by atoms with Gasteiger partial charge in [-0.2, -0.15) is 11.8 Å². The Morgan fingerprint density at radius 1 is 1.23 bits per heavy atom. The maximum absolute atomic E-state index is 7.44. The lowest BCUT2D eigenvalue weighted by atomic mass is 10.6. The van der Waals surface area contributed by atoms with E-state index in [1.807, 2.05) is 21.6 Å². The minimum atomic E-state index is 0.696. The second-order valence-corrected chi connectivity index (χ2v) is 9.35. The second kappa shape index (κ2) is 5.49. The summed E-state index contributed by atoms with van der Waals surface area (Å²) in [5.41, 5.74) is 0. The third-order valence-electron chi connectivity index (χ3n) is 1.67. The quantitative estimate of drug-likeness (QED) is 0.469. The summed E-state index contributed by atoms with van der Waals surface area (Å²) in [6, 6.07) is 0. The van der Waals surface area contributed by atoms with Gasteiger partial charge in [0, 0.05) is 33.5 Å². The van der Waals surface area contributed by atoms with Crippen molar-refractivity contribution in [3.8, 4) is 0 Å². The molecule has 2 atom stereocenters. The van der Waals surface area contributed by atoms with Gasteiger partial charge in [-0.1, -0.05) is 45.1 Å². The lowest BCUT2D eigenvalue weighted by molar-refractivity contribution is 1.17. The van der Waals surface area contributed by atoms with Crippen molar-refractivity contribution in [1.82, 2.24) is 0 Å². The third kappa shape index (κ3) is 4.20. The molecule has 1 nitrogen and oxygen atoms in total. The zero-order valence-corrected chi connectivity index (χ0v) is 11.1. The van der Waals surface area contributed by atoms with E-state index in [1.165, 1.54) is 17.3 Å². The number of thioether (sulfide) groups is 3. The first-order valence-electron chi connectivity index (χ1n) is 4.08. The Bertz CT molecular complexity index is 193. The van der Waals surface area contributed by atoms with Crippen LogP contribution in [0.25, 0.3) is 0 Å². The molecule has 0 aliphatic carbocycles. The van der Waals surface area contributed by atoms with Crippen molar-refractivity contribution >= 4 is 61.2 Å². The number of rotatable bonds is 5. The van der Waals surface area contributed by atoms with Gasteiger partial charge >= 0.3 is 0 Å². The van der Waals surface area contributed by atoms with E-state index in [0.717, 1.165) is 15.4 Å². The average Bonchev–Trinajstić information content (AvgIpc) is 2.84. The third-order valence-corrected chi connectivity index (χ3v) is 8.19. The molecule has 6 heteroatoms. The van der Waals surface area contributed by atoms with Gasteiger partial charge in [-0.25, -0.2) is 0 Å². The maximum Gasteiger partial charge on any atom is 0.122 e. The summed E-state index contributed by atoms with van der Waals surface area (Å²) >= 11 is 5.52. The van der Waals surface area contributed by atoms with Gasteiger partial charge < -0.3 is 0 Å². The number of nitrogens with one attached hydrogen (secondary N) is 1. The zero-order valence-electron chi connectivity index (χ0n) is 7.02. The molecule has 0 spiro atoms. The van der Waals surface area contributed by atoms with Crippen molar-refractivity contribution in [3.05, 3.63) is 0 Å². The number of hydrogen-bond donors (Lipinski definition) is 1. The summed E-state index contributed by atoms with van der Waals surface area (Å²) in [4.78, 5) is 0. The van der Waals surface area contributed by atoms with Crippen LogP contribution in [0.2, 0.25) is 0 Å². The molecule has 2 rings (SSSR count). The highest BCUT2D eigenvalue weighted by atomic mass is 33.1. The average molecular weight is 270 g/mol. The van der Waals surface area contributed by atoms with Crippen molar-refractivity contribution < 1.29 is 0 Å². The van der Waals surface area contributed by atoms with Gasteiger partial charge in [0.2, 0.25) is 0 Å². The first-order valence-corrected chi connectivity index (χ1v) is 9.49. The fraction of sp³-hybridized carbons (Fsp3) is 0.857. The molecule has 2 heterocycles. The predicted molar refractivity (Wildman–Crippen MR) is 72.7 cm³/mol. The van der Waals surface area contributed by atoms with Gasteiger partial charge in [0.25, 0.3) is 0 Å². The van der Waals surface area contributed by atoms with E-state index in [-0.39, 0.29) is 0 Å². The van der Waals surface area contributed by atoms with E-state index < -0.39 is 0 Å². The standard InChI is InChI=1S/C7H11NS5/c8-7-10-2-6(13-7)4-12-11-3-5-1-9-5/h5-6,8H,1-4H2. The van der Waals surface area contributed by atoms with Gasteiger partial charge in [-0.3, -0.25) is 5.41 Å². The van der Waals surface area contributed by atoms with Gasteiger partial charge in [-0.15, -0.1) is 0 Å². The molecule has 0 saturated carbocycles. The van der Waals surface area contributed by atoms with Gasteiger partial charge in [0.1, 0.15) is 4.38 Å². The van der Waals surface area contributed by atoms with Crippen molar-refractivity contribution in [2.75, 3.05) is 23.0 Å². The minimum Gasteiger partial charge on any atom is -0.288 e. The lowest BCUT2D eigenvalue weighted by Gasteiger charge is -2.04. The normalized spacial score (nSPS) is 32.5. The first kappa shape index (κ1) is 10.9. The van der Waals surface area contributed by atoms with E-state index >= 15 is 0 Å². The lowest BCUT2D eigenvalue weighted by Crippen LogP contribution is -2.03. The van der Waals surface area contributed by atoms with Crippen LogP contribution in [-0.4, -0.2) is 37.9 Å². The van der Waals surface area contributed by atoms with Crippen LogP contribution in [0.1, 0.15) is 0 Å². The van der Waals surface area contributed by atoms with Crippen molar-refractivity contribution in [3.63, 3.8) is 0 Å². The maximum atomic E-state index is 7.44. The molecule has 74 valence electrons. The van der Waals surface area contributed by atoms with Crippen molar-refractivity contribution in [2.45, 2.75) is 10.5 Å². The van der Waals surface area contributed by atoms with Crippen LogP contribution >= 0.6 is 56.9 Å². The van der Waals surface area contributed by atoms with Crippen LogP contribution < -0.4 is 0 Å². The Kier molecular flexibility index (Phi) is 4.61. The van der Waals surface area contributed by atoms with Crippen molar-refractivity contribution in [1.29, 1.82) is 5.41 Å².